The summed E-state index contributed by atoms with van der Waals surface area (Å²) >= 11 is 0. The van der Waals surface area contributed by atoms with Crippen molar-refractivity contribution < 1.29 is 19.4 Å². The molecule has 8 heteroatoms. The van der Waals surface area contributed by atoms with E-state index in [1.807, 2.05) is 48.0 Å². The molecule has 0 aliphatic rings. The summed E-state index contributed by atoms with van der Waals surface area (Å²) in [5.41, 5.74) is 4.27. The highest BCUT2D eigenvalue weighted by Crippen LogP contribution is 2.28. The summed E-state index contributed by atoms with van der Waals surface area (Å²) in [6.45, 7) is 6.36. The fourth-order valence-corrected chi connectivity index (χ4v) is 2.66. The number of carboxylic acid groups (broad SMARTS) is 1. The Bertz CT molecular complexity index is 995. The van der Waals surface area contributed by atoms with Crippen LogP contribution >= 0.6 is 0 Å². The van der Waals surface area contributed by atoms with E-state index in [4.69, 9.17) is 14.6 Å². The summed E-state index contributed by atoms with van der Waals surface area (Å²) in [7, 11) is 1.57. The molecule has 8 nitrogen and oxygen atoms in total. The number of amides is 1. The van der Waals surface area contributed by atoms with Gasteiger partial charge in [0.25, 0.3) is 0 Å². The molecule has 3 rings (SSSR count). The zero-order valence-electron chi connectivity index (χ0n) is 16.3. The highest BCUT2D eigenvalue weighted by atomic mass is 16.5. The largest absolute Gasteiger partial charge is 0.492 e. The van der Waals surface area contributed by atoms with E-state index in [9.17, 15) is 4.79 Å². The maximum Gasteiger partial charge on any atom is 0.404 e. The minimum atomic E-state index is -1.07. The fraction of sp³-hybridized carbons (Fsp3) is 0.190. The Hall–Kier alpha value is -3.81. The predicted molar refractivity (Wildman–Crippen MR) is 110 cm³/mol. The molecule has 0 bridgehead atoms. The average Bonchev–Trinajstić information content (AvgIpc) is 3.17. The van der Waals surface area contributed by atoms with E-state index in [0.717, 1.165) is 28.2 Å². The van der Waals surface area contributed by atoms with E-state index in [1.54, 1.807) is 19.4 Å². The number of rotatable bonds is 8. The summed E-state index contributed by atoms with van der Waals surface area (Å²) < 4.78 is 12.5. The number of hydrogen-bond donors (Lipinski definition) is 2. The molecule has 0 fully saturated rings. The van der Waals surface area contributed by atoms with Gasteiger partial charge >= 0.3 is 6.09 Å². The van der Waals surface area contributed by atoms with Crippen LogP contribution in [0.5, 0.6) is 11.6 Å². The van der Waals surface area contributed by atoms with E-state index >= 15 is 0 Å². The van der Waals surface area contributed by atoms with Gasteiger partial charge < -0.3 is 19.9 Å². The molecule has 0 spiro atoms. The maximum absolute atomic E-state index is 10.5. The monoisotopic (exact) mass is 394 g/mol. The van der Waals surface area contributed by atoms with Gasteiger partial charge in [-0.1, -0.05) is 6.58 Å². The van der Waals surface area contributed by atoms with Gasteiger partial charge in [-0.25, -0.2) is 14.5 Å². The van der Waals surface area contributed by atoms with Crippen molar-refractivity contribution in [2.45, 2.75) is 6.92 Å². The van der Waals surface area contributed by atoms with Crippen LogP contribution in [0.2, 0.25) is 0 Å². The second-order valence-electron chi connectivity index (χ2n) is 6.27. The smallest absolute Gasteiger partial charge is 0.404 e. The Morgan fingerprint density at radius 1 is 1.24 bits per heavy atom. The van der Waals surface area contributed by atoms with Crippen molar-refractivity contribution in [3.63, 3.8) is 0 Å². The van der Waals surface area contributed by atoms with E-state index in [-0.39, 0.29) is 13.2 Å². The van der Waals surface area contributed by atoms with Crippen LogP contribution < -0.4 is 14.8 Å². The SMILES string of the molecule is C=C(C)c1cc(-c2ccc(OCCNC(=O)O)cc2)n(-c2ccc(OC)nc2)n1. The van der Waals surface area contributed by atoms with Crippen molar-refractivity contribution >= 4 is 11.7 Å². The molecule has 2 heterocycles. The lowest BCUT2D eigenvalue weighted by molar-refractivity contribution is 0.191. The molecule has 2 aromatic heterocycles. The Balaban J connectivity index is 1.85. The lowest BCUT2D eigenvalue weighted by Gasteiger charge is -2.10. The summed E-state index contributed by atoms with van der Waals surface area (Å²) in [5.74, 6) is 1.18. The molecule has 0 aliphatic carbocycles. The molecule has 0 radical (unpaired) electrons. The number of allylic oxidation sites excluding steroid dienone is 1. The third kappa shape index (κ3) is 4.92. The summed E-state index contributed by atoms with van der Waals surface area (Å²) in [5, 5.41) is 15.5. The van der Waals surface area contributed by atoms with Crippen LogP contribution in [0.15, 0.2) is 55.2 Å². The van der Waals surface area contributed by atoms with Crippen LogP contribution in [0, 0.1) is 0 Å². The first-order chi connectivity index (χ1) is 14.0. The van der Waals surface area contributed by atoms with E-state index in [1.165, 1.54) is 0 Å². The van der Waals surface area contributed by atoms with E-state index < -0.39 is 6.09 Å². The molecular weight excluding hydrogens is 372 g/mol. The Morgan fingerprint density at radius 2 is 2.00 bits per heavy atom. The van der Waals surface area contributed by atoms with Crippen LogP contribution in [-0.4, -0.2) is 46.2 Å². The second-order valence-corrected chi connectivity index (χ2v) is 6.27. The summed E-state index contributed by atoms with van der Waals surface area (Å²) in [4.78, 5) is 14.7. The lowest BCUT2D eigenvalue weighted by atomic mass is 10.1. The van der Waals surface area contributed by atoms with Gasteiger partial charge in [-0.05, 0) is 48.9 Å². The molecule has 1 amide bonds. The summed E-state index contributed by atoms with van der Waals surface area (Å²) in [6.07, 6.45) is 0.628. The van der Waals surface area contributed by atoms with E-state index in [2.05, 4.69) is 22.0 Å². The van der Waals surface area contributed by atoms with Crippen molar-refractivity contribution in [1.29, 1.82) is 0 Å². The zero-order chi connectivity index (χ0) is 20.8. The Morgan fingerprint density at radius 3 is 2.59 bits per heavy atom. The van der Waals surface area contributed by atoms with Gasteiger partial charge in [0.15, 0.2) is 0 Å². The normalized spacial score (nSPS) is 10.4. The molecule has 150 valence electrons. The van der Waals surface area contributed by atoms with Gasteiger partial charge in [-0.15, -0.1) is 0 Å². The third-order valence-corrected chi connectivity index (χ3v) is 4.12. The molecular formula is C21H22N4O4. The van der Waals surface area contributed by atoms with Gasteiger partial charge in [0, 0.05) is 11.6 Å². The molecule has 0 unspecified atom stereocenters. The number of nitrogens with one attached hydrogen (secondary N) is 1. The number of benzene rings is 1. The van der Waals surface area contributed by atoms with Crippen molar-refractivity contribution in [3.05, 3.63) is 60.9 Å². The van der Waals surface area contributed by atoms with Crippen LogP contribution in [0.4, 0.5) is 4.79 Å². The number of hydrogen-bond acceptors (Lipinski definition) is 5. The molecule has 2 N–H and O–H groups in total. The van der Waals surface area contributed by atoms with Crippen LogP contribution in [-0.2, 0) is 0 Å². The number of methoxy groups -OCH3 is 1. The quantitative estimate of drug-likeness (QED) is 0.566. The minimum absolute atomic E-state index is 0.219. The molecule has 0 atom stereocenters. The van der Waals surface area contributed by atoms with Crippen LogP contribution in [0.25, 0.3) is 22.5 Å². The van der Waals surface area contributed by atoms with Crippen molar-refractivity contribution in [3.8, 4) is 28.6 Å². The van der Waals surface area contributed by atoms with Gasteiger partial charge in [-0.2, -0.15) is 5.10 Å². The molecule has 29 heavy (non-hydrogen) atoms. The van der Waals surface area contributed by atoms with Gasteiger partial charge in [0.1, 0.15) is 12.4 Å². The molecule has 1 aromatic carbocycles. The number of carbonyl (C=O) groups is 1. The molecule has 0 saturated carbocycles. The van der Waals surface area contributed by atoms with Crippen LogP contribution in [0.3, 0.4) is 0 Å². The van der Waals surface area contributed by atoms with Crippen LogP contribution in [0.1, 0.15) is 12.6 Å². The third-order valence-electron chi connectivity index (χ3n) is 4.12. The van der Waals surface area contributed by atoms with Gasteiger partial charge in [-0.3, -0.25) is 0 Å². The predicted octanol–water partition coefficient (Wildman–Crippen LogP) is 3.62. The van der Waals surface area contributed by atoms with Crippen molar-refractivity contribution in [1.82, 2.24) is 20.1 Å². The maximum atomic E-state index is 10.5. The lowest BCUT2D eigenvalue weighted by Crippen LogP contribution is -2.26. The molecule has 0 aliphatic heterocycles. The standard InChI is InChI=1S/C21H22N4O4/c1-14(2)18-12-19(25(24-18)16-6-9-20(28-3)23-13-16)15-4-7-17(8-5-15)29-11-10-22-21(26)27/h4-9,12-13,22H,1,10-11H2,2-3H3,(H,26,27). The highest BCUT2D eigenvalue weighted by molar-refractivity contribution is 5.69. The molecule has 3 aromatic rings. The average molecular weight is 394 g/mol. The number of ether oxygens (including phenoxy) is 2. The Kier molecular flexibility index (Phi) is 6.13. The van der Waals surface area contributed by atoms with Crippen molar-refractivity contribution in [2.24, 2.45) is 0 Å². The van der Waals surface area contributed by atoms with E-state index in [0.29, 0.717) is 11.6 Å². The zero-order valence-corrected chi connectivity index (χ0v) is 16.3. The number of nitrogens with zero attached hydrogens (tertiary/aromatic N) is 3. The minimum Gasteiger partial charge on any atom is -0.492 e. The first kappa shape index (κ1) is 19.9. The highest BCUT2D eigenvalue weighted by Gasteiger charge is 2.13. The van der Waals surface area contributed by atoms with Gasteiger partial charge in [0.05, 0.1) is 36.9 Å². The second kappa shape index (κ2) is 8.92. The summed E-state index contributed by atoms with van der Waals surface area (Å²) in [6, 6.07) is 13.2. The fourth-order valence-electron chi connectivity index (χ4n) is 2.66. The Labute approximate surface area is 168 Å². The van der Waals surface area contributed by atoms with Crippen molar-refractivity contribution in [2.75, 3.05) is 20.3 Å². The topological polar surface area (TPSA) is 98.5 Å². The number of aromatic nitrogens is 3. The first-order valence-corrected chi connectivity index (χ1v) is 8.94. The van der Waals surface area contributed by atoms with Gasteiger partial charge in [0.2, 0.25) is 5.88 Å². The first-order valence-electron chi connectivity index (χ1n) is 8.94. The molecule has 0 saturated heterocycles. The number of pyridine rings is 1.